The lowest BCUT2D eigenvalue weighted by molar-refractivity contribution is -0.236. The molecule has 4 heteroatoms. The summed E-state index contributed by atoms with van der Waals surface area (Å²) in [5.74, 6) is -0.113. The van der Waals surface area contributed by atoms with Gasteiger partial charge in [-0.05, 0) is 0 Å². The maximum absolute atomic E-state index is 9.13. The predicted molar refractivity (Wildman–Crippen MR) is 33.1 cm³/mol. The van der Waals surface area contributed by atoms with Crippen LogP contribution in [0.3, 0.4) is 0 Å². The third-order valence-corrected chi connectivity index (χ3v) is 1.75. The summed E-state index contributed by atoms with van der Waals surface area (Å²) in [6, 6.07) is 0. The normalized spacial score (nSPS) is 49.2. The van der Waals surface area contributed by atoms with E-state index in [1.54, 1.807) is 6.92 Å². The van der Waals surface area contributed by atoms with Crippen molar-refractivity contribution in [2.75, 3.05) is 6.61 Å². The van der Waals surface area contributed by atoms with E-state index in [4.69, 9.17) is 20.1 Å². The summed E-state index contributed by atoms with van der Waals surface area (Å²) in [5.41, 5.74) is 0. The molecule has 1 aliphatic rings. The van der Waals surface area contributed by atoms with Crippen LogP contribution < -0.4 is 0 Å². The molecule has 0 bridgehead atoms. The van der Waals surface area contributed by atoms with E-state index in [-0.39, 0.29) is 5.92 Å². The molecule has 0 aromatic rings. The molecule has 60 valence electrons. The smallest absolute Gasteiger partial charge is 0.183 e. The quantitative estimate of drug-likeness (QED) is 0.399. The molecule has 1 aliphatic heterocycles. The molecular weight excluding hydrogens is 136 g/mol. The maximum atomic E-state index is 9.13. The molecule has 0 radical (unpaired) electrons. The Hall–Kier alpha value is -0.160. The number of ether oxygens (including phenoxy) is 1. The molecular formula is C6H12O4. The molecule has 0 aliphatic carbocycles. The highest BCUT2D eigenvalue weighted by Gasteiger charge is 2.34. The molecule has 1 rings (SSSR count). The van der Waals surface area contributed by atoms with Gasteiger partial charge >= 0.3 is 0 Å². The average Bonchev–Trinajstić information content (AvgIpc) is 1.93. The van der Waals surface area contributed by atoms with Crippen LogP contribution in [-0.4, -0.2) is 40.4 Å². The minimum Gasteiger partial charge on any atom is -0.390 e. The van der Waals surface area contributed by atoms with Crippen molar-refractivity contribution in [3.05, 3.63) is 0 Å². The fraction of sp³-hybridized carbons (Fsp3) is 1.00. The summed E-state index contributed by atoms with van der Waals surface area (Å²) < 4.78 is 4.72. The van der Waals surface area contributed by atoms with Gasteiger partial charge in [0.25, 0.3) is 0 Å². The SMILES string of the molecule is C[C@@H]1CO[C@@H](O)C(O)C1O. The van der Waals surface area contributed by atoms with E-state index in [1.165, 1.54) is 0 Å². The summed E-state index contributed by atoms with van der Waals surface area (Å²) >= 11 is 0. The van der Waals surface area contributed by atoms with Gasteiger partial charge in [-0.15, -0.1) is 0 Å². The van der Waals surface area contributed by atoms with Crippen molar-refractivity contribution in [1.29, 1.82) is 0 Å². The lowest BCUT2D eigenvalue weighted by Gasteiger charge is -2.32. The first-order valence-corrected chi connectivity index (χ1v) is 3.28. The van der Waals surface area contributed by atoms with E-state index in [9.17, 15) is 0 Å². The molecule has 1 fully saturated rings. The highest BCUT2D eigenvalue weighted by molar-refractivity contribution is 4.79. The van der Waals surface area contributed by atoms with Crippen LogP contribution in [0.15, 0.2) is 0 Å². The predicted octanol–water partition coefficient (Wildman–Crippen LogP) is -1.31. The Kier molecular flexibility index (Phi) is 2.25. The lowest BCUT2D eigenvalue weighted by atomic mass is 9.98. The second kappa shape index (κ2) is 2.84. The van der Waals surface area contributed by atoms with Crippen molar-refractivity contribution in [2.45, 2.75) is 25.4 Å². The van der Waals surface area contributed by atoms with Crippen molar-refractivity contribution >= 4 is 0 Å². The van der Waals surface area contributed by atoms with Gasteiger partial charge in [0.2, 0.25) is 0 Å². The Balaban J connectivity index is 2.52. The van der Waals surface area contributed by atoms with Crippen LogP contribution in [0.5, 0.6) is 0 Å². The van der Waals surface area contributed by atoms with Crippen LogP contribution in [0, 0.1) is 5.92 Å². The zero-order valence-electron chi connectivity index (χ0n) is 5.77. The molecule has 0 spiro atoms. The van der Waals surface area contributed by atoms with Gasteiger partial charge in [-0.2, -0.15) is 0 Å². The summed E-state index contributed by atoms with van der Waals surface area (Å²) in [7, 11) is 0. The Morgan fingerprint density at radius 2 is 1.80 bits per heavy atom. The Labute approximate surface area is 59.1 Å². The van der Waals surface area contributed by atoms with Crippen LogP contribution in [0.4, 0.5) is 0 Å². The number of hydrogen-bond acceptors (Lipinski definition) is 4. The largest absolute Gasteiger partial charge is 0.390 e. The third-order valence-electron chi connectivity index (χ3n) is 1.75. The van der Waals surface area contributed by atoms with Crippen LogP contribution in [0.25, 0.3) is 0 Å². The molecule has 1 heterocycles. The van der Waals surface area contributed by atoms with E-state index < -0.39 is 18.5 Å². The van der Waals surface area contributed by atoms with Crippen molar-refractivity contribution in [1.82, 2.24) is 0 Å². The molecule has 0 aromatic heterocycles. The van der Waals surface area contributed by atoms with Crippen molar-refractivity contribution in [3.8, 4) is 0 Å². The van der Waals surface area contributed by atoms with Crippen LogP contribution in [0.2, 0.25) is 0 Å². The van der Waals surface area contributed by atoms with Gasteiger partial charge < -0.3 is 20.1 Å². The minimum absolute atomic E-state index is 0.113. The fourth-order valence-electron chi connectivity index (χ4n) is 0.953. The number of aliphatic hydroxyl groups excluding tert-OH is 3. The highest BCUT2D eigenvalue weighted by Crippen LogP contribution is 2.17. The molecule has 1 saturated heterocycles. The molecule has 0 saturated carbocycles. The van der Waals surface area contributed by atoms with Crippen molar-refractivity contribution in [2.24, 2.45) is 5.92 Å². The third kappa shape index (κ3) is 1.29. The van der Waals surface area contributed by atoms with E-state index >= 15 is 0 Å². The van der Waals surface area contributed by atoms with Gasteiger partial charge in [0, 0.05) is 5.92 Å². The molecule has 2 unspecified atom stereocenters. The fourth-order valence-corrected chi connectivity index (χ4v) is 0.953. The minimum atomic E-state index is -1.23. The zero-order valence-corrected chi connectivity index (χ0v) is 5.77. The first kappa shape index (κ1) is 7.94. The Bertz CT molecular complexity index is 102. The monoisotopic (exact) mass is 148 g/mol. The first-order chi connectivity index (χ1) is 4.63. The van der Waals surface area contributed by atoms with E-state index in [2.05, 4.69) is 0 Å². The van der Waals surface area contributed by atoms with E-state index in [0.717, 1.165) is 0 Å². The molecule has 0 amide bonds. The summed E-state index contributed by atoms with van der Waals surface area (Å²) in [5, 5.41) is 27.0. The highest BCUT2D eigenvalue weighted by atomic mass is 16.6. The van der Waals surface area contributed by atoms with Crippen molar-refractivity contribution in [3.63, 3.8) is 0 Å². The molecule has 4 atom stereocenters. The van der Waals surface area contributed by atoms with Crippen LogP contribution >= 0.6 is 0 Å². The van der Waals surface area contributed by atoms with Gasteiger partial charge in [0.1, 0.15) is 6.10 Å². The maximum Gasteiger partial charge on any atom is 0.183 e. The molecule has 0 aromatic carbocycles. The second-order valence-corrected chi connectivity index (χ2v) is 2.68. The van der Waals surface area contributed by atoms with Gasteiger partial charge in [0.15, 0.2) is 6.29 Å². The van der Waals surface area contributed by atoms with Crippen molar-refractivity contribution < 1.29 is 20.1 Å². The van der Waals surface area contributed by atoms with E-state index in [0.29, 0.717) is 6.61 Å². The molecule has 3 N–H and O–H groups in total. The molecule has 10 heavy (non-hydrogen) atoms. The van der Waals surface area contributed by atoms with Gasteiger partial charge in [0.05, 0.1) is 12.7 Å². The van der Waals surface area contributed by atoms with Gasteiger partial charge in [-0.25, -0.2) is 0 Å². The van der Waals surface area contributed by atoms with Gasteiger partial charge in [-0.3, -0.25) is 0 Å². The number of hydrogen-bond donors (Lipinski definition) is 3. The zero-order chi connectivity index (χ0) is 7.72. The van der Waals surface area contributed by atoms with E-state index in [1.807, 2.05) is 0 Å². The number of aliphatic hydroxyl groups is 3. The topological polar surface area (TPSA) is 69.9 Å². The summed E-state index contributed by atoms with van der Waals surface area (Å²) in [6.45, 7) is 2.04. The Morgan fingerprint density at radius 1 is 1.20 bits per heavy atom. The van der Waals surface area contributed by atoms with Crippen LogP contribution in [-0.2, 0) is 4.74 Å². The van der Waals surface area contributed by atoms with Gasteiger partial charge in [-0.1, -0.05) is 6.92 Å². The van der Waals surface area contributed by atoms with Crippen LogP contribution in [0.1, 0.15) is 6.92 Å². The standard InChI is InChI=1S/C6H12O4/c1-3-2-10-6(9)5(8)4(3)7/h3-9H,2H2,1H3/t3-,4?,5?,6-/m1/s1. The summed E-state index contributed by atoms with van der Waals surface area (Å²) in [6.07, 6.45) is -3.27. The summed E-state index contributed by atoms with van der Waals surface area (Å²) in [4.78, 5) is 0. The number of rotatable bonds is 0. The lowest BCUT2D eigenvalue weighted by Crippen LogP contribution is -2.48. The average molecular weight is 148 g/mol. The second-order valence-electron chi connectivity index (χ2n) is 2.68. The Morgan fingerprint density at radius 3 is 2.30 bits per heavy atom. The first-order valence-electron chi connectivity index (χ1n) is 3.28. The molecule has 4 nitrogen and oxygen atoms in total.